The minimum Gasteiger partial charge on any atom is -0.495 e. The van der Waals surface area contributed by atoms with Gasteiger partial charge in [0.25, 0.3) is 5.91 Å². The number of likely N-dealkylation sites (tertiary alicyclic amines) is 1. The normalized spacial score (nSPS) is 13.4. The zero-order valence-corrected chi connectivity index (χ0v) is 28.0. The lowest BCUT2D eigenvalue weighted by Gasteiger charge is -2.26. The Morgan fingerprint density at radius 3 is 2.10 bits per heavy atom. The number of urea groups is 1. The van der Waals surface area contributed by atoms with E-state index in [1.165, 1.54) is 35.9 Å². The lowest BCUT2D eigenvalue weighted by atomic mass is 10.1. The predicted molar refractivity (Wildman–Crippen MR) is 192 cm³/mol. The molecule has 9 heteroatoms. The van der Waals surface area contributed by atoms with Crippen molar-refractivity contribution in [2.45, 2.75) is 52.6 Å². The number of rotatable bonds is 10. The first kappa shape index (κ1) is 32.7. The van der Waals surface area contributed by atoms with Crippen LogP contribution >= 0.6 is 0 Å². The topological polar surface area (TPSA) is 96.9 Å². The molecule has 0 saturated carbocycles. The molecule has 0 spiro atoms. The number of methoxy groups -OCH3 is 1. The molecule has 9 nitrogen and oxygen atoms in total. The van der Waals surface area contributed by atoms with Crippen molar-refractivity contribution >= 4 is 34.2 Å². The van der Waals surface area contributed by atoms with E-state index in [9.17, 15) is 9.59 Å². The van der Waals surface area contributed by atoms with E-state index in [1.807, 2.05) is 26.0 Å². The first-order chi connectivity index (χ1) is 23.3. The SMILES string of the molecule is COc1cc(C(=O)Nc2ccc(Oc3ccc(NC(=O)NC(C)C)cc3)cc2)ccc1-n1c(C)c(CN2CCCCC2)c2ccccc21. The van der Waals surface area contributed by atoms with Gasteiger partial charge in [-0.15, -0.1) is 0 Å². The number of hydrogen-bond acceptors (Lipinski definition) is 5. The van der Waals surface area contributed by atoms with Gasteiger partial charge in [0.1, 0.15) is 17.2 Å². The van der Waals surface area contributed by atoms with Gasteiger partial charge in [-0.1, -0.05) is 24.6 Å². The summed E-state index contributed by atoms with van der Waals surface area (Å²) in [5.41, 5.74) is 6.34. The zero-order chi connectivity index (χ0) is 33.6. The molecule has 5 aromatic rings. The lowest BCUT2D eigenvalue weighted by molar-refractivity contribution is 0.102. The van der Waals surface area contributed by atoms with Crippen LogP contribution in [0.2, 0.25) is 0 Å². The smallest absolute Gasteiger partial charge is 0.319 e. The van der Waals surface area contributed by atoms with Crippen LogP contribution in [0.5, 0.6) is 17.2 Å². The maximum absolute atomic E-state index is 13.3. The number of anilines is 2. The molecule has 0 atom stereocenters. The Hall–Kier alpha value is -5.28. The average Bonchev–Trinajstić information content (AvgIpc) is 3.36. The molecule has 3 amide bonds. The summed E-state index contributed by atoms with van der Waals surface area (Å²) in [6.45, 7) is 9.17. The number of aromatic nitrogens is 1. The molecule has 1 fully saturated rings. The van der Waals surface area contributed by atoms with Crippen molar-refractivity contribution in [3.8, 4) is 22.9 Å². The van der Waals surface area contributed by atoms with Crippen molar-refractivity contribution in [2.75, 3.05) is 30.8 Å². The second-order valence-electron chi connectivity index (χ2n) is 12.5. The van der Waals surface area contributed by atoms with E-state index in [-0.39, 0.29) is 18.0 Å². The minimum atomic E-state index is -0.257. The molecular weight excluding hydrogens is 602 g/mol. The first-order valence-corrected chi connectivity index (χ1v) is 16.6. The van der Waals surface area contributed by atoms with E-state index < -0.39 is 0 Å². The fourth-order valence-corrected chi connectivity index (χ4v) is 6.27. The lowest BCUT2D eigenvalue weighted by Crippen LogP contribution is -2.34. The number of nitrogens with zero attached hydrogens (tertiary/aromatic N) is 2. The Morgan fingerprint density at radius 1 is 0.812 bits per heavy atom. The highest BCUT2D eigenvalue weighted by molar-refractivity contribution is 6.05. The summed E-state index contributed by atoms with van der Waals surface area (Å²) in [7, 11) is 1.64. The van der Waals surface area contributed by atoms with E-state index in [4.69, 9.17) is 9.47 Å². The fraction of sp³-hybridized carbons (Fsp3) is 0.282. The van der Waals surface area contributed by atoms with Crippen LogP contribution in [-0.4, -0.2) is 47.6 Å². The fourth-order valence-electron chi connectivity index (χ4n) is 6.27. The van der Waals surface area contributed by atoms with Gasteiger partial charge in [0.05, 0.1) is 18.3 Å². The Bertz CT molecular complexity index is 1890. The molecular formula is C39H43N5O4. The minimum absolute atomic E-state index is 0.0482. The standard InChI is InChI=1S/C39H43N5O4/c1-26(2)40-39(46)42-30-15-19-32(20-16-30)48-31-17-13-29(14-18-31)41-38(45)28-12-21-36(37(24-28)47-4)44-27(3)34(25-43-22-8-5-9-23-43)33-10-6-7-11-35(33)44/h6-7,10-21,24,26H,5,8-9,22-23,25H2,1-4H3,(H,41,45)(H2,40,42,46). The monoisotopic (exact) mass is 645 g/mol. The van der Waals surface area contributed by atoms with Crippen molar-refractivity contribution in [1.82, 2.24) is 14.8 Å². The van der Waals surface area contributed by atoms with Crippen molar-refractivity contribution in [1.29, 1.82) is 0 Å². The molecule has 48 heavy (non-hydrogen) atoms. The summed E-state index contributed by atoms with van der Waals surface area (Å²) < 4.78 is 14.1. The van der Waals surface area contributed by atoms with Gasteiger partial charge in [-0.2, -0.15) is 0 Å². The molecule has 1 aromatic heterocycles. The van der Waals surface area contributed by atoms with Gasteiger partial charge >= 0.3 is 6.03 Å². The van der Waals surface area contributed by atoms with Gasteiger partial charge in [-0.05, 0) is 125 Å². The van der Waals surface area contributed by atoms with Crippen molar-refractivity contribution in [3.63, 3.8) is 0 Å². The van der Waals surface area contributed by atoms with E-state index >= 15 is 0 Å². The summed E-state index contributed by atoms with van der Waals surface area (Å²) in [5.74, 6) is 1.63. The van der Waals surface area contributed by atoms with Crippen molar-refractivity contribution < 1.29 is 19.1 Å². The molecule has 1 saturated heterocycles. The number of fused-ring (bicyclic) bond motifs is 1. The van der Waals surface area contributed by atoms with E-state index in [2.05, 4.69) is 56.6 Å². The van der Waals surface area contributed by atoms with Crippen LogP contribution in [0, 0.1) is 6.92 Å². The maximum atomic E-state index is 13.3. The summed E-state index contributed by atoms with van der Waals surface area (Å²) in [4.78, 5) is 27.8. The Balaban J connectivity index is 1.14. The summed E-state index contributed by atoms with van der Waals surface area (Å²) in [6, 6.07) is 28.2. The van der Waals surface area contributed by atoms with Gasteiger partial charge in [-0.3, -0.25) is 9.69 Å². The molecule has 0 radical (unpaired) electrons. The number of nitrogens with one attached hydrogen (secondary N) is 3. The molecule has 248 valence electrons. The summed E-state index contributed by atoms with van der Waals surface area (Å²) >= 11 is 0. The van der Waals surface area contributed by atoms with Crippen molar-refractivity contribution in [2.24, 2.45) is 0 Å². The maximum Gasteiger partial charge on any atom is 0.319 e. The van der Waals surface area contributed by atoms with E-state index in [0.717, 1.165) is 30.8 Å². The van der Waals surface area contributed by atoms with Crippen LogP contribution in [0.3, 0.4) is 0 Å². The van der Waals surface area contributed by atoms with Crippen LogP contribution in [0.25, 0.3) is 16.6 Å². The van der Waals surface area contributed by atoms with Crippen LogP contribution in [0.1, 0.15) is 54.7 Å². The van der Waals surface area contributed by atoms with Gasteiger partial charge < -0.3 is 30.0 Å². The third-order valence-electron chi connectivity index (χ3n) is 8.64. The number of para-hydroxylation sites is 1. The molecule has 4 aromatic carbocycles. The van der Waals surface area contributed by atoms with Crippen LogP contribution < -0.4 is 25.4 Å². The highest BCUT2D eigenvalue weighted by atomic mass is 16.5. The number of ether oxygens (including phenoxy) is 2. The average molecular weight is 646 g/mol. The van der Waals surface area contributed by atoms with Gasteiger partial charge in [0.15, 0.2) is 0 Å². The number of carbonyl (C=O) groups is 2. The summed E-state index contributed by atoms with van der Waals surface area (Å²) in [6.07, 6.45) is 3.81. The zero-order valence-electron chi connectivity index (χ0n) is 28.0. The number of carbonyl (C=O) groups excluding carboxylic acids is 2. The molecule has 6 rings (SSSR count). The number of hydrogen-bond donors (Lipinski definition) is 3. The van der Waals surface area contributed by atoms with Gasteiger partial charge in [-0.25, -0.2) is 4.79 Å². The molecule has 1 aliphatic heterocycles. The molecule has 0 bridgehead atoms. The molecule has 0 aliphatic carbocycles. The van der Waals surface area contributed by atoms with E-state index in [0.29, 0.717) is 34.2 Å². The Morgan fingerprint density at radius 2 is 1.46 bits per heavy atom. The Labute approximate surface area is 281 Å². The van der Waals surface area contributed by atoms with Crippen LogP contribution in [0.4, 0.5) is 16.2 Å². The highest BCUT2D eigenvalue weighted by Gasteiger charge is 2.21. The molecule has 3 N–H and O–H groups in total. The summed E-state index contributed by atoms with van der Waals surface area (Å²) in [5, 5.41) is 9.81. The highest BCUT2D eigenvalue weighted by Crippen LogP contribution is 2.35. The second kappa shape index (κ2) is 14.6. The number of benzene rings is 4. The van der Waals surface area contributed by atoms with Gasteiger partial charge in [0, 0.05) is 40.6 Å². The largest absolute Gasteiger partial charge is 0.495 e. The van der Waals surface area contributed by atoms with E-state index in [1.54, 1.807) is 61.7 Å². The molecule has 0 unspecified atom stereocenters. The third kappa shape index (κ3) is 7.47. The Kier molecular flexibility index (Phi) is 9.96. The third-order valence-corrected chi connectivity index (χ3v) is 8.64. The molecule has 2 heterocycles. The van der Waals surface area contributed by atoms with Crippen LogP contribution in [-0.2, 0) is 6.54 Å². The molecule has 1 aliphatic rings. The quantitative estimate of drug-likeness (QED) is 0.142. The number of amides is 3. The van der Waals surface area contributed by atoms with Crippen molar-refractivity contribution in [3.05, 3.63) is 108 Å². The van der Waals surface area contributed by atoms with Crippen LogP contribution in [0.15, 0.2) is 91.0 Å². The number of piperidine rings is 1. The second-order valence-corrected chi connectivity index (χ2v) is 12.5. The van der Waals surface area contributed by atoms with Gasteiger partial charge in [0.2, 0.25) is 0 Å². The predicted octanol–water partition coefficient (Wildman–Crippen LogP) is 8.51. The first-order valence-electron chi connectivity index (χ1n) is 16.6.